The van der Waals surface area contributed by atoms with Crippen molar-refractivity contribution in [1.29, 1.82) is 0 Å². The van der Waals surface area contributed by atoms with Crippen LogP contribution < -0.4 is 15.5 Å². The number of guanidine groups is 1. The quantitative estimate of drug-likeness (QED) is 0.494. The number of anilines is 1. The highest BCUT2D eigenvalue weighted by Crippen LogP contribution is 2.21. The molecular weight excluding hydrogens is 366 g/mol. The van der Waals surface area contributed by atoms with Gasteiger partial charge in [-0.05, 0) is 36.2 Å². The van der Waals surface area contributed by atoms with E-state index in [1.54, 1.807) is 7.05 Å². The van der Waals surface area contributed by atoms with Crippen molar-refractivity contribution in [1.82, 2.24) is 25.2 Å². The van der Waals surface area contributed by atoms with Crippen LogP contribution >= 0.6 is 0 Å². The van der Waals surface area contributed by atoms with Crippen LogP contribution in [0.5, 0.6) is 0 Å². The number of aliphatic imine (C=N–C) groups is 1. The van der Waals surface area contributed by atoms with Gasteiger partial charge in [0.05, 0.1) is 0 Å². The van der Waals surface area contributed by atoms with Crippen molar-refractivity contribution >= 4 is 23.2 Å². The number of aromatic nitrogens is 3. The molecule has 0 saturated carbocycles. The van der Waals surface area contributed by atoms with Gasteiger partial charge in [-0.2, -0.15) is 0 Å². The highest BCUT2D eigenvalue weighted by molar-refractivity contribution is 5.95. The highest BCUT2D eigenvalue weighted by Gasteiger charge is 2.21. The largest absolute Gasteiger partial charge is 0.356 e. The summed E-state index contributed by atoms with van der Waals surface area (Å²) in [6.07, 6.45) is 4.30. The van der Waals surface area contributed by atoms with Crippen molar-refractivity contribution in [2.75, 3.05) is 25.0 Å². The van der Waals surface area contributed by atoms with E-state index in [1.807, 2.05) is 58.0 Å². The molecule has 8 heteroatoms. The zero-order valence-corrected chi connectivity index (χ0v) is 16.5. The lowest BCUT2D eigenvalue weighted by Gasteiger charge is -2.16. The second-order valence-electron chi connectivity index (χ2n) is 6.96. The van der Waals surface area contributed by atoms with Gasteiger partial charge in [0, 0.05) is 51.4 Å². The number of hydrogen-bond donors (Lipinski definition) is 2. The number of benzene rings is 1. The summed E-state index contributed by atoms with van der Waals surface area (Å²) in [5, 5.41) is 15.0. The van der Waals surface area contributed by atoms with Gasteiger partial charge in [0.2, 0.25) is 5.91 Å². The van der Waals surface area contributed by atoms with Crippen LogP contribution in [-0.2, 0) is 17.8 Å². The lowest BCUT2D eigenvalue weighted by atomic mass is 10.2. The number of amides is 1. The van der Waals surface area contributed by atoms with E-state index >= 15 is 0 Å². The van der Waals surface area contributed by atoms with E-state index in [0.29, 0.717) is 19.5 Å². The third-order valence-corrected chi connectivity index (χ3v) is 5.03. The van der Waals surface area contributed by atoms with Crippen molar-refractivity contribution in [3.05, 3.63) is 60.0 Å². The van der Waals surface area contributed by atoms with E-state index in [-0.39, 0.29) is 5.91 Å². The van der Waals surface area contributed by atoms with Crippen LogP contribution in [0.3, 0.4) is 0 Å². The van der Waals surface area contributed by atoms with Crippen molar-refractivity contribution in [3.8, 4) is 0 Å². The molecule has 1 fully saturated rings. The topological polar surface area (TPSA) is 86.9 Å². The summed E-state index contributed by atoms with van der Waals surface area (Å²) in [6, 6.07) is 14.0. The molecule has 0 aliphatic carbocycles. The molecule has 8 nitrogen and oxygen atoms in total. The molecule has 3 heterocycles. The van der Waals surface area contributed by atoms with Gasteiger partial charge < -0.3 is 15.5 Å². The van der Waals surface area contributed by atoms with Crippen molar-refractivity contribution in [3.63, 3.8) is 0 Å². The Bertz CT molecular complexity index is 1010. The molecule has 2 aromatic heterocycles. The highest BCUT2D eigenvalue weighted by atomic mass is 16.2. The van der Waals surface area contributed by atoms with Gasteiger partial charge in [-0.1, -0.05) is 18.2 Å². The van der Waals surface area contributed by atoms with Crippen LogP contribution in [0.25, 0.3) is 5.65 Å². The van der Waals surface area contributed by atoms with E-state index in [1.165, 1.54) is 0 Å². The van der Waals surface area contributed by atoms with Crippen molar-refractivity contribution < 1.29 is 4.79 Å². The Morgan fingerprint density at radius 1 is 1.14 bits per heavy atom. The Morgan fingerprint density at radius 3 is 2.76 bits per heavy atom. The summed E-state index contributed by atoms with van der Waals surface area (Å²) in [7, 11) is 1.75. The summed E-state index contributed by atoms with van der Waals surface area (Å²) >= 11 is 0. The molecule has 1 aliphatic rings. The molecule has 3 aromatic rings. The maximum absolute atomic E-state index is 11.9. The third-order valence-electron chi connectivity index (χ3n) is 5.03. The number of nitrogens with zero attached hydrogens (tertiary/aromatic N) is 5. The van der Waals surface area contributed by atoms with Gasteiger partial charge in [-0.15, -0.1) is 10.2 Å². The second-order valence-corrected chi connectivity index (χ2v) is 6.96. The third kappa shape index (κ3) is 4.37. The number of nitrogens with one attached hydrogen (secondary N) is 2. The minimum absolute atomic E-state index is 0.209. The van der Waals surface area contributed by atoms with Gasteiger partial charge in [-0.25, -0.2) is 0 Å². The second kappa shape index (κ2) is 8.72. The number of rotatable bonds is 6. The van der Waals surface area contributed by atoms with Gasteiger partial charge in [-0.3, -0.25) is 14.2 Å². The van der Waals surface area contributed by atoms with Gasteiger partial charge in [0.25, 0.3) is 0 Å². The zero-order valence-electron chi connectivity index (χ0n) is 16.5. The molecule has 0 spiro atoms. The SMILES string of the molecule is CN=C(NCCc1nnc2ccccn12)NCc1ccc(N2CCCC2=O)cc1. The Labute approximate surface area is 169 Å². The van der Waals surface area contributed by atoms with E-state index in [4.69, 9.17) is 0 Å². The Kier molecular flexibility index (Phi) is 5.69. The van der Waals surface area contributed by atoms with Crippen LogP contribution in [-0.4, -0.2) is 46.6 Å². The first-order valence-electron chi connectivity index (χ1n) is 9.87. The number of carbonyl (C=O) groups is 1. The van der Waals surface area contributed by atoms with E-state index < -0.39 is 0 Å². The molecule has 1 aliphatic heterocycles. The van der Waals surface area contributed by atoms with Crippen LogP contribution in [0.2, 0.25) is 0 Å². The van der Waals surface area contributed by atoms with Crippen molar-refractivity contribution in [2.45, 2.75) is 25.8 Å². The number of hydrogen-bond acceptors (Lipinski definition) is 4. The summed E-state index contributed by atoms with van der Waals surface area (Å²) in [5.41, 5.74) is 2.95. The number of carbonyl (C=O) groups excluding carboxylic acids is 1. The first kappa shape index (κ1) is 18.9. The van der Waals surface area contributed by atoms with Crippen LogP contribution in [0, 0.1) is 0 Å². The van der Waals surface area contributed by atoms with Gasteiger partial charge in [0.1, 0.15) is 5.82 Å². The Balaban J connectivity index is 1.26. The smallest absolute Gasteiger partial charge is 0.227 e. The summed E-state index contributed by atoms with van der Waals surface area (Å²) in [6.45, 7) is 2.17. The fourth-order valence-electron chi connectivity index (χ4n) is 3.48. The molecule has 0 bridgehead atoms. The van der Waals surface area contributed by atoms with Crippen LogP contribution in [0.1, 0.15) is 24.2 Å². The molecule has 0 atom stereocenters. The minimum Gasteiger partial charge on any atom is -0.356 e. The van der Waals surface area contributed by atoms with Gasteiger partial charge in [0.15, 0.2) is 11.6 Å². The molecule has 1 saturated heterocycles. The Hall–Kier alpha value is -3.42. The molecule has 1 amide bonds. The monoisotopic (exact) mass is 391 g/mol. The predicted molar refractivity (Wildman–Crippen MR) is 113 cm³/mol. The average molecular weight is 391 g/mol. The normalized spacial score (nSPS) is 14.6. The molecular formula is C21H25N7O. The van der Waals surface area contributed by atoms with Crippen LogP contribution in [0.4, 0.5) is 5.69 Å². The number of fused-ring (bicyclic) bond motifs is 1. The fourth-order valence-corrected chi connectivity index (χ4v) is 3.48. The maximum atomic E-state index is 11.9. The maximum Gasteiger partial charge on any atom is 0.227 e. The molecule has 2 N–H and O–H groups in total. The lowest BCUT2D eigenvalue weighted by Crippen LogP contribution is -2.38. The van der Waals surface area contributed by atoms with E-state index in [2.05, 4.69) is 25.8 Å². The summed E-state index contributed by atoms with van der Waals surface area (Å²) in [4.78, 5) is 18.0. The standard InChI is InChI=1S/C21H25N7O/c1-22-21(23-12-11-19-26-25-18-5-2-3-13-28(18)19)24-15-16-7-9-17(10-8-16)27-14-4-6-20(27)29/h2-3,5,7-10,13H,4,6,11-12,14-15H2,1H3,(H2,22,23,24). The van der Waals surface area contributed by atoms with E-state index in [9.17, 15) is 4.79 Å². The lowest BCUT2D eigenvalue weighted by molar-refractivity contribution is -0.117. The first-order valence-corrected chi connectivity index (χ1v) is 9.87. The van der Waals surface area contributed by atoms with Crippen molar-refractivity contribution in [2.24, 2.45) is 4.99 Å². The van der Waals surface area contributed by atoms with Gasteiger partial charge >= 0.3 is 0 Å². The molecule has 4 rings (SSSR count). The molecule has 0 radical (unpaired) electrons. The summed E-state index contributed by atoms with van der Waals surface area (Å²) in [5.74, 6) is 1.86. The van der Waals surface area contributed by atoms with E-state index in [0.717, 1.165) is 48.1 Å². The average Bonchev–Trinajstić information content (AvgIpc) is 3.37. The Morgan fingerprint density at radius 2 is 2.00 bits per heavy atom. The first-order chi connectivity index (χ1) is 14.2. The number of pyridine rings is 1. The fraction of sp³-hybridized carbons (Fsp3) is 0.333. The molecule has 150 valence electrons. The molecule has 0 unspecified atom stereocenters. The molecule has 29 heavy (non-hydrogen) atoms. The molecule has 1 aromatic carbocycles. The zero-order chi connectivity index (χ0) is 20.1. The summed E-state index contributed by atoms with van der Waals surface area (Å²) < 4.78 is 1.99. The minimum atomic E-state index is 0.209. The van der Waals surface area contributed by atoms with Crippen LogP contribution in [0.15, 0.2) is 53.7 Å². The predicted octanol–water partition coefficient (Wildman–Crippen LogP) is 1.76.